The Morgan fingerprint density at radius 1 is 1.07 bits per heavy atom. The van der Waals surface area contributed by atoms with E-state index in [1.807, 2.05) is 18.2 Å². The van der Waals surface area contributed by atoms with Gasteiger partial charge in [0.1, 0.15) is 0 Å². The lowest BCUT2D eigenvalue weighted by molar-refractivity contribution is 0.594. The van der Waals surface area contributed by atoms with E-state index in [1.165, 1.54) is 12.1 Å². The molecule has 154 valence electrons. The van der Waals surface area contributed by atoms with E-state index in [2.05, 4.69) is 19.6 Å². The summed E-state index contributed by atoms with van der Waals surface area (Å²) in [5, 5.41) is 7.46. The minimum atomic E-state index is -3.71. The number of benzene rings is 2. The Bertz CT molecular complexity index is 1180. The number of rotatable bonds is 7. The minimum absolute atomic E-state index is 0.0465. The summed E-state index contributed by atoms with van der Waals surface area (Å²) in [4.78, 5) is 17.9. The molecule has 2 aromatic carbocycles. The first-order valence-corrected chi connectivity index (χ1v) is 15.5. The predicted molar refractivity (Wildman–Crippen MR) is 122 cm³/mol. The molecule has 0 atom stereocenters. The van der Waals surface area contributed by atoms with Gasteiger partial charge in [0.15, 0.2) is 5.16 Å². The second-order valence-corrected chi connectivity index (χ2v) is 16.6. The van der Waals surface area contributed by atoms with Gasteiger partial charge in [0.25, 0.3) is 5.56 Å². The first kappa shape index (κ1) is 21.8. The molecule has 6 nitrogen and oxygen atoms in total. The van der Waals surface area contributed by atoms with E-state index < -0.39 is 18.1 Å². The molecule has 0 spiro atoms. The van der Waals surface area contributed by atoms with Gasteiger partial charge in [-0.15, -0.1) is 0 Å². The molecule has 0 amide bonds. The number of sulfonamides is 1. The summed E-state index contributed by atoms with van der Waals surface area (Å²) >= 11 is 1.64. The SMILES string of the molecule is C[Si](C)(C)CSc1nc2ccccc2c(=O)n1CCc1ccc(S(N)(=O)=O)cc1. The number of para-hydroxylation sites is 1. The largest absolute Gasteiger partial charge is 0.287 e. The van der Waals surface area contributed by atoms with Gasteiger partial charge in [-0.1, -0.05) is 55.7 Å². The summed E-state index contributed by atoms with van der Waals surface area (Å²) in [6.45, 7) is 7.34. The fourth-order valence-corrected chi connectivity index (χ4v) is 6.08. The maximum absolute atomic E-state index is 13.1. The molecular formula is C20H25N3O3S2Si. The summed E-state index contributed by atoms with van der Waals surface area (Å²) in [5.41, 5.74) is 1.60. The Kier molecular flexibility index (Phi) is 6.32. The molecule has 0 bridgehead atoms. The lowest BCUT2D eigenvalue weighted by atomic mass is 10.1. The molecular weight excluding hydrogens is 422 g/mol. The average Bonchev–Trinajstić information content (AvgIpc) is 2.65. The number of hydrogen-bond donors (Lipinski definition) is 1. The number of nitrogens with zero attached hydrogens (tertiary/aromatic N) is 2. The smallest absolute Gasteiger partial charge is 0.262 e. The number of aryl methyl sites for hydroxylation is 1. The first-order valence-electron chi connectivity index (χ1n) is 9.29. The molecule has 9 heteroatoms. The Morgan fingerprint density at radius 3 is 2.34 bits per heavy atom. The molecule has 29 heavy (non-hydrogen) atoms. The second kappa shape index (κ2) is 8.43. The van der Waals surface area contributed by atoms with Crippen LogP contribution in [0.5, 0.6) is 0 Å². The first-order chi connectivity index (χ1) is 13.5. The van der Waals surface area contributed by atoms with Crippen molar-refractivity contribution < 1.29 is 8.42 Å². The van der Waals surface area contributed by atoms with E-state index >= 15 is 0 Å². The predicted octanol–water partition coefficient (Wildman–Crippen LogP) is 3.26. The lowest BCUT2D eigenvalue weighted by Crippen LogP contribution is -2.27. The van der Waals surface area contributed by atoms with Gasteiger partial charge in [0.2, 0.25) is 10.0 Å². The summed E-state index contributed by atoms with van der Waals surface area (Å²) in [6.07, 6.45) is 0.589. The van der Waals surface area contributed by atoms with Gasteiger partial charge in [-0.2, -0.15) is 0 Å². The second-order valence-electron chi connectivity index (χ2n) is 8.16. The van der Waals surface area contributed by atoms with Crippen LogP contribution >= 0.6 is 11.8 Å². The van der Waals surface area contributed by atoms with Crippen LogP contribution < -0.4 is 10.7 Å². The van der Waals surface area contributed by atoms with Crippen molar-refractivity contribution in [3.8, 4) is 0 Å². The van der Waals surface area contributed by atoms with Gasteiger partial charge < -0.3 is 0 Å². The highest BCUT2D eigenvalue weighted by Gasteiger charge is 2.17. The van der Waals surface area contributed by atoms with Crippen LogP contribution in [0, 0.1) is 0 Å². The van der Waals surface area contributed by atoms with Gasteiger partial charge in [-0.25, -0.2) is 18.5 Å². The lowest BCUT2D eigenvalue weighted by Gasteiger charge is -2.18. The highest BCUT2D eigenvalue weighted by atomic mass is 32.2. The number of fused-ring (bicyclic) bond motifs is 1. The third-order valence-electron chi connectivity index (χ3n) is 4.34. The minimum Gasteiger partial charge on any atom is -0.287 e. The van der Waals surface area contributed by atoms with Crippen LogP contribution in [0.25, 0.3) is 10.9 Å². The van der Waals surface area contributed by atoms with Crippen LogP contribution in [-0.4, -0.2) is 31.4 Å². The number of hydrogen-bond acceptors (Lipinski definition) is 5. The van der Waals surface area contributed by atoms with Crippen molar-refractivity contribution in [2.75, 3.05) is 5.38 Å². The fraction of sp³-hybridized carbons (Fsp3) is 0.300. The van der Waals surface area contributed by atoms with Crippen LogP contribution in [0.15, 0.2) is 63.4 Å². The van der Waals surface area contributed by atoms with Gasteiger partial charge in [-0.3, -0.25) is 9.36 Å². The summed E-state index contributed by atoms with van der Waals surface area (Å²) < 4.78 is 24.6. The number of primary sulfonamides is 1. The van der Waals surface area contributed by atoms with Crippen molar-refractivity contribution in [1.82, 2.24) is 9.55 Å². The van der Waals surface area contributed by atoms with Gasteiger partial charge >= 0.3 is 0 Å². The third kappa shape index (κ3) is 5.56. The zero-order valence-corrected chi connectivity index (χ0v) is 19.4. The van der Waals surface area contributed by atoms with E-state index in [1.54, 1.807) is 34.5 Å². The molecule has 2 N–H and O–H groups in total. The maximum atomic E-state index is 13.1. The highest BCUT2D eigenvalue weighted by molar-refractivity contribution is 8.00. The summed E-state index contributed by atoms with van der Waals surface area (Å²) in [6, 6.07) is 13.8. The van der Waals surface area contributed by atoms with Gasteiger partial charge in [-0.05, 0) is 41.6 Å². The molecule has 1 heterocycles. The number of aromatic nitrogens is 2. The number of thioether (sulfide) groups is 1. The Morgan fingerprint density at radius 2 is 1.72 bits per heavy atom. The van der Waals surface area contributed by atoms with Crippen LogP contribution in [0.1, 0.15) is 5.56 Å². The van der Waals surface area contributed by atoms with Gasteiger partial charge in [0, 0.05) is 6.54 Å². The van der Waals surface area contributed by atoms with Crippen molar-refractivity contribution in [2.24, 2.45) is 5.14 Å². The van der Waals surface area contributed by atoms with Crippen molar-refractivity contribution in [1.29, 1.82) is 0 Å². The Labute approximate surface area is 176 Å². The normalized spacial score (nSPS) is 12.4. The van der Waals surface area contributed by atoms with Crippen molar-refractivity contribution in [3.63, 3.8) is 0 Å². The average molecular weight is 448 g/mol. The van der Waals surface area contributed by atoms with E-state index in [9.17, 15) is 13.2 Å². The third-order valence-corrected chi connectivity index (χ3v) is 9.88. The van der Waals surface area contributed by atoms with E-state index in [-0.39, 0.29) is 10.5 Å². The summed E-state index contributed by atoms with van der Waals surface area (Å²) in [5.74, 6) is 0. The molecule has 0 aliphatic heterocycles. The molecule has 0 saturated heterocycles. The van der Waals surface area contributed by atoms with Gasteiger partial charge in [0.05, 0.1) is 23.9 Å². The fourth-order valence-electron chi connectivity index (χ4n) is 2.82. The standard InChI is InChI=1S/C20H25N3O3S2Si/c1-29(2,3)14-27-20-22-18-7-5-4-6-17(18)19(24)23(20)13-12-15-8-10-16(11-9-15)28(21,25)26/h4-11H,12-14H2,1-3H3,(H2,21,25,26). The van der Waals surface area contributed by atoms with Crippen LogP contribution in [-0.2, 0) is 23.0 Å². The Balaban J connectivity index is 1.92. The van der Waals surface area contributed by atoms with Crippen LogP contribution in [0.4, 0.5) is 0 Å². The molecule has 0 aliphatic carbocycles. The maximum Gasteiger partial charge on any atom is 0.262 e. The van der Waals surface area contributed by atoms with E-state index in [4.69, 9.17) is 10.1 Å². The van der Waals surface area contributed by atoms with Crippen molar-refractivity contribution >= 4 is 40.8 Å². The summed E-state index contributed by atoms with van der Waals surface area (Å²) in [7, 11) is -5.03. The molecule has 3 aromatic rings. The topological polar surface area (TPSA) is 95.0 Å². The van der Waals surface area contributed by atoms with Crippen molar-refractivity contribution in [2.45, 2.75) is 42.7 Å². The quantitative estimate of drug-likeness (QED) is 0.341. The molecule has 0 aliphatic rings. The number of nitrogens with two attached hydrogens (primary N) is 1. The van der Waals surface area contributed by atoms with E-state index in [0.29, 0.717) is 23.9 Å². The monoisotopic (exact) mass is 447 g/mol. The molecule has 3 rings (SSSR count). The molecule has 0 fully saturated rings. The van der Waals surface area contributed by atoms with Crippen molar-refractivity contribution in [3.05, 3.63) is 64.4 Å². The molecule has 0 saturated carbocycles. The Hall–Kier alpha value is -1.94. The molecule has 1 aromatic heterocycles. The van der Waals surface area contributed by atoms with E-state index in [0.717, 1.165) is 16.1 Å². The molecule has 0 radical (unpaired) electrons. The zero-order chi connectivity index (χ0) is 21.2. The zero-order valence-electron chi connectivity index (χ0n) is 16.8. The van der Waals surface area contributed by atoms with Crippen LogP contribution in [0.3, 0.4) is 0 Å². The molecule has 0 unspecified atom stereocenters. The highest BCUT2D eigenvalue weighted by Crippen LogP contribution is 2.22. The van der Waals surface area contributed by atoms with Crippen LogP contribution in [0.2, 0.25) is 19.6 Å².